The predicted octanol–water partition coefficient (Wildman–Crippen LogP) is 3.65. The summed E-state index contributed by atoms with van der Waals surface area (Å²) >= 11 is 0. The van der Waals surface area contributed by atoms with E-state index < -0.39 is 5.82 Å². The number of rotatable bonds is 6. The number of halogens is 1. The van der Waals surface area contributed by atoms with E-state index in [2.05, 4.69) is 4.98 Å². The van der Waals surface area contributed by atoms with Gasteiger partial charge in [0.25, 0.3) is 0 Å². The summed E-state index contributed by atoms with van der Waals surface area (Å²) in [6.45, 7) is 2.39. The molecular weight excluding hydrogens is 321 g/mol. The van der Waals surface area contributed by atoms with Crippen molar-refractivity contribution in [2.24, 2.45) is 0 Å². The van der Waals surface area contributed by atoms with Gasteiger partial charge >= 0.3 is 0 Å². The van der Waals surface area contributed by atoms with Gasteiger partial charge in [-0.05, 0) is 37.3 Å². The van der Waals surface area contributed by atoms with Gasteiger partial charge < -0.3 is 14.0 Å². The topological polar surface area (TPSA) is 60.1 Å². The van der Waals surface area contributed by atoms with Gasteiger partial charge in [-0.15, -0.1) is 0 Å². The zero-order valence-corrected chi connectivity index (χ0v) is 13.6. The highest BCUT2D eigenvalue weighted by atomic mass is 19.1. The molecule has 25 heavy (non-hydrogen) atoms. The average Bonchev–Trinajstić information content (AvgIpc) is 3.06. The number of benzene rings is 2. The fraction of sp³-hybridized carbons (Fsp3) is 0.158. The number of hydrogen-bond acceptors (Lipinski definition) is 4. The van der Waals surface area contributed by atoms with Crippen LogP contribution in [-0.2, 0) is 0 Å². The van der Waals surface area contributed by atoms with Crippen molar-refractivity contribution in [2.45, 2.75) is 6.92 Å². The molecule has 3 aromatic rings. The minimum absolute atomic E-state index is 0.102. The molecular formula is C19H16FN3O2. The Morgan fingerprint density at radius 3 is 2.72 bits per heavy atom. The molecule has 0 bridgehead atoms. The third-order valence-corrected chi connectivity index (χ3v) is 3.59. The Kier molecular flexibility index (Phi) is 4.95. The van der Waals surface area contributed by atoms with Gasteiger partial charge in [0.1, 0.15) is 24.8 Å². The fourth-order valence-corrected chi connectivity index (χ4v) is 2.37. The molecule has 0 N–H and O–H groups in total. The van der Waals surface area contributed by atoms with Crippen molar-refractivity contribution in [2.75, 3.05) is 13.2 Å². The first kappa shape index (κ1) is 16.5. The standard InChI is InChI=1S/C19H16FN3O2/c1-14-22-7-8-23(14)16-3-2-4-17(12-16)24-9-10-25-19-6-5-15(13-21)11-18(19)20/h2-8,11-12H,9-10H2,1H3. The number of ether oxygens (including phenoxy) is 2. The molecule has 0 saturated carbocycles. The first-order chi connectivity index (χ1) is 12.2. The maximum Gasteiger partial charge on any atom is 0.166 e. The monoisotopic (exact) mass is 337 g/mol. The van der Waals surface area contributed by atoms with E-state index in [9.17, 15) is 4.39 Å². The zero-order chi connectivity index (χ0) is 17.6. The SMILES string of the molecule is Cc1nccn1-c1cccc(OCCOc2ccc(C#N)cc2F)c1. The number of nitrogens with zero attached hydrogens (tertiary/aromatic N) is 3. The molecule has 0 aliphatic rings. The minimum Gasteiger partial charge on any atom is -0.490 e. The summed E-state index contributed by atoms with van der Waals surface area (Å²) in [6, 6.07) is 13.6. The Morgan fingerprint density at radius 2 is 2.00 bits per heavy atom. The Morgan fingerprint density at radius 1 is 1.16 bits per heavy atom. The maximum absolute atomic E-state index is 13.7. The van der Waals surface area contributed by atoms with Crippen LogP contribution in [0.25, 0.3) is 5.69 Å². The van der Waals surface area contributed by atoms with Crippen LogP contribution in [0.15, 0.2) is 54.9 Å². The minimum atomic E-state index is -0.559. The zero-order valence-electron chi connectivity index (χ0n) is 13.6. The van der Waals surface area contributed by atoms with Crippen molar-refractivity contribution in [1.82, 2.24) is 9.55 Å². The van der Waals surface area contributed by atoms with E-state index in [1.807, 2.05) is 48.0 Å². The van der Waals surface area contributed by atoms with E-state index >= 15 is 0 Å². The van der Waals surface area contributed by atoms with Crippen molar-refractivity contribution < 1.29 is 13.9 Å². The van der Waals surface area contributed by atoms with Gasteiger partial charge in [0.05, 0.1) is 17.3 Å². The van der Waals surface area contributed by atoms with Crippen molar-refractivity contribution in [1.29, 1.82) is 5.26 Å². The van der Waals surface area contributed by atoms with Crippen LogP contribution in [0.3, 0.4) is 0 Å². The molecule has 0 aliphatic carbocycles. The molecule has 0 aliphatic heterocycles. The van der Waals surface area contributed by atoms with E-state index in [1.54, 1.807) is 6.20 Å². The van der Waals surface area contributed by atoms with E-state index in [-0.39, 0.29) is 24.5 Å². The number of hydrogen-bond donors (Lipinski definition) is 0. The summed E-state index contributed by atoms with van der Waals surface area (Å²) in [5.41, 5.74) is 1.21. The summed E-state index contributed by atoms with van der Waals surface area (Å²) in [4.78, 5) is 4.20. The molecule has 126 valence electrons. The van der Waals surface area contributed by atoms with Crippen LogP contribution in [0.5, 0.6) is 11.5 Å². The van der Waals surface area contributed by atoms with Crippen molar-refractivity contribution in [3.05, 3.63) is 72.1 Å². The van der Waals surface area contributed by atoms with Crippen LogP contribution in [0, 0.1) is 24.1 Å². The van der Waals surface area contributed by atoms with Gasteiger partial charge in [0, 0.05) is 18.5 Å². The third kappa shape index (κ3) is 3.96. The van der Waals surface area contributed by atoms with Crippen molar-refractivity contribution in [3.8, 4) is 23.3 Å². The van der Waals surface area contributed by atoms with Crippen LogP contribution in [0.4, 0.5) is 4.39 Å². The number of imidazole rings is 1. The normalized spacial score (nSPS) is 10.3. The molecule has 1 aromatic heterocycles. The average molecular weight is 337 g/mol. The first-order valence-electron chi connectivity index (χ1n) is 7.73. The van der Waals surface area contributed by atoms with E-state index in [1.165, 1.54) is 12.1 Å². The molecule has 6 heteroatoms. The highest BCUT2D eigenvalue weighted by molar-refractivity contribution is 5.40. The largest absolute Gasteiger partial charge is 0.490 e. The lowest BCUT2D eigenvalue weighted by atomic mass is 10.2. The van der Waals surface area contributed by atoms with Crippen LogP contribution in [-0.4, -0.2) is 22.8 Å². The van der Waals surface area contributed by atoms with Crippen LogP contribution in [0.2, 0.25) is 0 Å². The summed E-state index contributed by atoms with van der Waals surface area (Å²) in [6.07, 6.45) is 3.62. The molecule has 0 atom stereocenters. The molecule has 3 rings (SSSR count). The molecule has 0 saturated heterocycles. The Labute approximate surface area is 144 Å². The summed E-state index contributed by atoms with van der Waals surface area (Å²) in [5.74, 6) is 1.12. The molecule has 0 spiro atoms. The van der Waals surface area contributed by atoms with E-state index in [4.69, 9.17) is 14.7 Å². The molecule has 0 unspecified atom stereocenters. The number of nitriles is 1. The summed E-state index contributed by atoms with van der Waals surface area (Å²) < 4.78 is 26.7. The fourth-order valence-electron chi connectivity index (χ4n) is 2.37. The van der Waals surface area contributed by atoms with Gasteiger partial charge in [-0.2, -0.15) is 5.26 Å². The third-order valence-electron chi connectivity index (χ3n) is 3.59. The van der Waals surface area contributed by atoms with E-state index in [0.29, 0.717) is 5.75 Å². The maximum atomic E-state index is 13.7. The van der Waals surface area contributed by atoms with Crippen LogP contribution in [0.1, 0.15) is 11.4 Å². The second kappa shape index (κ2) is 7.49. The molecule has 0 radical (unpaired) electrons. The number of aryl methyl sites for hydroxylation is 1. The summed E-state index contributed by atoms with van der Waals surface area (Å²) in [5, 5.41) is 8.72. The van der Waals surface area contributed by atoms with E-state index in [0.717, 1.165) is 17.6 Å². The molecule has 1 heterocycles. The van der Waals surface area contributed by atoms with Gasteiger partial charge in [-0.3, -0.25) is 0 Å². The Hall–Kier alpha value is -3.33. The predicted molar refractivity (Wildman–Crippen MR) is 90.4 cm³/mol. The van der Waals surface area contributed by atoms with Gasteiger partial charge in [-0.1, -0.05) is 6.07 Å². The lowest BCUT2D eigenvalue weighted by molar-refractivity contribution is 0.211. The van der Waals surface area contributed by atoms with Crippen molar-refractivity contribution in [3.63, 3.8) is 0 Å². The van der Waals surface area contributed by atoms with Crippen LogP contribution >= 0.6 is 0 Å². The van der Waals surface area contributed by atoms with Gasteiger partial charge in [-0.25, -0.2) is 9.37 Å². The first-order valence-corrected chi connectivity index (χ1v) is 7.73. The van der Waals surface area contributed by atoms with Gasteiger partial charge in [0.15, 0.2) is 11.6 Å². The molecule has 2 aromatic carbocycles. The molecule has 5 nitrogen and oxygen atoms in total. The van der Waals surface area contributed by atoms with Crippen LogP contribution < -0.4 is 9.47 Å². The lowest BCUT2D eigenvalue weighted by Gasteiger charge is -2.11. The Balaban J connectivity index is 1.56. The molecule has 0 amide bonds. The Bertz CT molecular complexity index is 915. The molecule has 0 fully saturated rings. The van der Waals surface area contributed by atoms with Gasteiger partial charge in [0.2, 0.25) is 0 Å². The number of aromatic nitrogens is 2. The quantitative estimate of drug-likeness (QED) is 0.644. The highest BCUT2D eigenvalue weighted by Crippen LogP contribution is 2.19. The smallest absolute Gasteiger partial charge is 0.166 e. The second-order valence-corrected chi connectivity index (χ2v) is 5.30. The summed E-state index contributed by atoms with van der Waals surface area (Å²) in [7, 11) is 0. The lowest BCUT2D eigenvalue weighted by Crippen LogP contribution is -2.10. The highest BCUT2D eigenvalue weighted by Gasteiger charge is 2.05. The second-order valence-electron chi connectivity index (χ2n) is 5.30. The van der Waals surface area contributed by atoms with Crippen molar-refractivity contribution >= 4 is 0 Å².